The van der Waals surface area contributed by atoms with Gasteiger partial charge in [0.15, 0.2) is 11.0 Å². The molecule has 0 spiro atoms. The van der Waals surface area contributed by atoms with Crippen LogP contribution in [0.4, 0.5) is 0 Å². The zero-order valence-electron chi connectivity index (χ0n) is 22.6. The number of nitrogens with zero attached hydrogens (tertiary/aromatic N) is 4. The van der Waals surface area contributed by atoms with Crippen LogP contribution in [0.3, 0.4) is 0 Å². The molecule has 0 bridgehead atoms. The molecule has 7 nitrogen and oxygen atoms in total. The summed E-state index contributed by atoms with van der Waals surface area (Å²) in [7, 11) is 1.62. The fourth-order valence-corrected chi connectivity index (χ4v) is 4.56. The van der Waals surface area contributed by atoms with Crippen molar-refractivity contribution in [3.63, 3.8) is 0 Å². The maximum Gasteiger partial charge on any atom is 0.250 e. The highest BCUT2D eigenvalue weighted by molar-refractivity contribution is 7.99. The van der Waals surface area contributed by atoms with Crippen LogP contribution in [0.1, 0.15) is 44.4 Å². The number of hydrogen-bond acceptors (Lipinski definition) is 6. The van der Waals surface area contributed by atoms with Crippen LogP contribution in [-0.4, -0.2) is 39.2 Å². The standard InChI is InChI=1S/C30H33N5O2S/c1-20-10-16-25(17-11-20)35-28(22-12-14-24(15-13-22)30(3,4)5)33-34-29(35)38-19-27(36)32-31-21(2)23-8-7-9-26(18-23)37-6/h7-18H,19H2,1-6H3,(H,32,36)/b31-21+. The van der Waals surface area contributed by atoms with Crippen molar-refractivity contribution in [1.82, 2.24) is 20.2 Å². The lowest BCUT2D eigenvalue weighted by atomic mass is 9.87. The van der Waals surface area contributed by atoms with Gasteiger partial charge < -0.3 is 4.74 Å². The quantitative estimate of drug-likeness (QED) is 0.168. The molecular weight excluding hydrogens is 494 g/mol. The van der Waals surface area contributed by atoms with Crippen LogP contribution in [-0.2, 0) is 10.2 Å². The lowest BCUT2D eigenvalue weighted by Crippen LogP contribution is -2.21. The third-order valence-electron chi connectivity index (χ3n) is 6.10. The van der Waals surface area contributed by atoms with Gasteiger partial charge in [0.25, 0.3) is 5.91 Å². The number of rotatable bonds is 8. The molecule has 0 unspecified atom stereocenters. The van der Waals surface area contributed by atoms with Gasteiger partial charge in [0.05, 0.1) is 18.6 Å². The molecule has 1 heterocycles. The lowest BCUT2D eigenvalue weighted by molar-refractivity contribution is -0.118. The molecule has 1 aromatic heterocycles. The minimum absolute atomic E-state index is 0.0605. The molecule has 4 aromatic rings. The maximum atomic E-state index is 12.7. The summed E-state index contributed by atoms with van der Waals surface area (Å²) in [5, 5.41) is 13.8. The van der Waals surface area contributed by atoms with Crippen molar-refractivity contribution in [2.45, 2.75) is 45.2 Å². The van der Waals surface area contributed by atoms with Gasteiger partial charge in [0.1, 0.15) is 5.75 Å². The monoisotopic (exact) mass is 527 g/mol. The highest BCUT2D eigenvalue weighted by Crippen LogP contribution is 2.30. The second-order valence-corrected chi connectivity index (χ2v) is 11.0. The summed E-state index contributed by atoms with van der Waals surface area (Å²) < 4.78 is 7.26. The van der Waals surface area contributed by atoms with Crippen molar-refractivity contribution >= 4 is 23.4 Å². The predicted molar refractivity (Wildman–Crippen MR) is 154 cm³/mol. The zero-order valence-corrected chi connectivity index (χ0v) is 23.5. The summed E-state index contributed by atoms with van der Waals surface area (Å²) in [6.07, 6.45) is 0. The van der Waals surface area contributed by atoms with Crippen LogP contribution in [0.15, 0.2) is 83.1 Å². The van der Waals surface area contributed by atoms with Gasteiger partial charge in [-0.2, -0.15) is 5.10 Å². The Labute approximate surface area is 228 Å². The molecule has 0 saturated heterocycles. The van der Waals surface area contributed by atoms with E-state index in [4.69, 9.17) is 4.74 Å². The van der Waals surface area contributed by atoms with E-state index in [1.807, 2.05) is 47.9 Å². The first-order valence-electron chi connectivity index (χ1n) is 12.4. The highest BCUT2D eigenvalue weighted by Gasteiger charge is 2.19. The summed E-state index contributed by atoms with van der Waals surface area (Å²) in [6.45, 7) is 10.5. The van der Waals surface area contributed by atoms with E-state index in [0.29, 0.717) is 10.9 Å². The molecular formula is C30H33N5O2S. The van der Waals surface area contributed by atoms with Crippen LogP contribution in [0.25, 0.3) is 17.1 Å². The van der Waals surface area contributed by atoms with Crippen molar-refractivity contribution in [3.05, 3.63) is 89.5 Å². The molecule has 3 aromatic carbocycles. The third kappa shape index (κ3) is 6.50. The van der Waals surface area contributed by atoms with E-state index in [2.05, 4.69) is 84.8 Å². The number of hydrazone groups is 1. The Hall–Kier alpha value is -3.91. The average Bonchev–Trinajstić information content (AvgIpc) is 3.34. The molecule has 196 valence electrons. The summed E-state index contributed by atoms with van der Waals surface area (Å²) in [6, 6.07) is 24.1. The van der Waals surface area contributed by atoms with Crippen LogP contribution < -0.4 is 10.2 Å². The maximum absolute atomic E-state index is 12.7. The van der Waals surface area contributed by atoms with Crippen molar-refractivity contribution < 1.29 is 9.53 Å². The van der Waals surface area contributed by atoms with E-state index in [1.165, 1.54) is 17.3 Å². The molecule has 38 heavy (non-hydrogen) atoms. The first kappa shape index (κ1) is 27.1. The van der Waals surface area contributed by atoms with E-state index in [-0.39, 0.29) is 17.1 Å². The van der Waals surface area contributed by atoms with Gasteiger partial charge in [-0.1, -0.05) is 86.6 Å². The van der Waals surface area contributed by atoms with Gasteiger partial charge in [-0.3, -0.25) is 9.36 Å². The number of aromatic nitrogens is 3. The minimum Gasteiger partial charge on any atom is -0.497 e. The fourth-order valence-electron chi connectivity index (χ4n) is 3.82. The van der Waals surface area contributed by atoms with Crippen LogP contribution in [0.2, 0.25) is 0 Å². The number of hydrogen-bond donors (Lipinski definition) is 1. The van der Waals surface area contributed by atoms with Crippen LogP contribution in [0, 0.1) is 6.92 Å². The van der Waals surface area contributed by atoms with E-state index in [1.54, 1.807) is 7.11 Å². The molecule has 0 radical (unpaired) electrons. The van der Waals surface area contributed by atoms with Crippen molar-refractivity contribution in [2.75, 3.05) is 12.9 Å². The third-order valence-corrected chi connectivity index (χ3v) is 7.03. The number of ether oxygens (including phenoxy) is 1. The Kier molecular flexibility index (Phi) is 8.32. The Balaban J connectivity index is 1.54. The number of carbonyl (C=O) groups is 1. The SMILES string of the molecule is COc1cccc(/C(C)=N/NC(=O)CSc2nnc(-c3ccc(C(C)(C)C)cc3)n2-c2ccc(C)cc2)c1. The Morgan fingerprint density at radius 2 is 1.74 bits per heavy atom. The number of carbonyl (C=O) groups excluding carboxylic acids is 1. The van der Waals surface area contributed by atoms with Gasteiger partial charge >= 0.3 is 0 Å². The van der Waals surface area contributed by atoms with Gasteiger partial charge in [-0.15, -0.1) is 10.2 Å². The molecule has 0 fully saturated rings. The molecule has 1 amide bonds. The van der Waals surface area contributed by atoms with Gasteiger partial charge in [0, 0.05) is 16.8 Å². The van der Waals surface area contributed by atoms with Gasteiger partial charge in [0.2, 0.25) is 0 Å². The van der Waals surface area contributed by atoms with Crippen molar-refractivity contribution in [1.29, 1.82) is 0 Å². The minimum atomic E-state index is -0.230. The summed E-state index contributed by atoms with van der Waals surface area (Å²) in [5.74, 6) is 1.37. The smallest absolute Gasteiger partial charge is 0.250 e. The molecule has 0 atom stereocenters. The highest BCUT2D eigenvalue weighted by atomic mass is 32.2. The number of amides is 1. The van der Waals surface area contributed by atoms with Crippen molar-refractivity contribution in [2.24, 2.45) is 5.10 Å². The summed E-state index contributed by atoms with van der Waals surface area (Å²) in [5.41, 5.74) is 8.57. The first-order chi connectivity index (χ1) is 18.2. The number of thioether (sulfide) groups is 1. The van der Waals surface area contributed by atoms with E-state index >= 15 is 0 Å². The van der Waals surface area contributed by atoms with Crippen LogP contribution in [0.5, 0.6) is 5.75 Å². The van der Waals surface area contributed by atoms with E-state index in [0.717, 1.165) is 34.0 Å². The van der Waals surface area contributed by atoms with E-state index in [9.17, 15) is 4.79 Å². The van der Waals surface area contributed by atoms with Gasteiger partial charge in [-0.25, -0.2) is 5.43 Å². The molecule has 8 heteroatoms. The molecule has 0 saturated carbocycles. The second-order valence-electron chi connectivity index (χ2n) is 10.1. The van der Waals surface area contributed by atoms with Gasteiger partial charge in [-0.05, 0) is 49.1 Å². The predicted octanol–water partition coefficient (Wildman–Crippen LogP) is 6.18. The summed E-state index contributed by atoms with van der Waals surface area (Å²) in [4.78, 5) is 12.7. The Bertz CT molecular complexity index is 1440. The summed E-state index contributed by atoms with van der Waals surface area (Å²) >= 11 is 1.32. The molecule has 4 rings (SSSR count). The van der Waals surface area contributed by atoms with E-state index < -0.39 is 0 Å². The zero-order chi connectivity index (χ0) is 27.3. The normalized spacial score (nSPS) is 11.9. The molecule has 1 N–H and O–H groups in total. The second kappa shape index (κ2) is 11.6. The fraction of sp³-hybridized carbons (Fsp3) is 0.267. The molecule has 0 aliphatic rings. The van der Waals surface area contributed by atoms with Crippen LogP contribution >= 0.6 is 11.8 Å². The van der Waals surface area contributed by atoms with Crippen molar-refractivity contribution in [3.8, 4) is 22.8 Å². The molecule has 0 aliphatic carbocycles. The largest absolute Gasteiger partial charge is 0.497 e. The Morgan fingerprint density at radius 1 is 1.03 bits per heavy atom. The number of nitrogens with one attached hydrogen (secondary N) is 1. The number of benzene rings is 3. The topological polar surface area (TPSA) is 81.4 Å². The number of methoxy groups -OCH3 is 1. The molecule has 0 aliphatic heterocycles. The average molecular weight is 528 g/mol. The number of aryl methyl sites for hydroxylation is 1. The Morgan fingerprint density at radius 3 is 2.39 bits per heavy atom. The lowest BCUT2D eigenvalue weighted by Gasteiger charge is -2.19. The first-order valence-corrected chi connectivity index (χ1v) is 13.4.